The highest BCUT2D eigenvalue weighted by Crippen LogP contribution is 2.23. The van der Waals surface area contributed by atoms with Crippen LogP contribution in [0.3, 0.4) is 0 Å². The van der Waals surface area contributed by atoms with E-state index in [4.69, 9.17) is 15.2 Å². The van der Waals surface area contributed by atoms with Crippen LogP contribution in [0.5, 0.6) is 0 Å². The molecule has 0 radical (unpaired) electrons. The van der Waals surface area contributed by atoms with E-state index in [1.807, 2.05) is 62.4 Å². The predicted molar refractivity (Wildman–Crippen MR) is 135 cm³/mol. The van der Waals surface area contributed by atoms with Crippen molar-refractivity contribution in [3.63, 3.8) is 0 Å². The summed E-state index contributed by atoms with van der Waals surface area (Å²) in [5.41, 5.74) is 9.85. The Bertz CT molecular complexity index is 854. The summed E-state index contributed by atoms with van der Waals surface area (Å²) in [7, 11) is 0. The van der Waals surface area contributed by atoms with Crippen molar-refractivity contribution in [3.05, 3.63) is 70.8 Å². The second-order valence-electron chi connectivity index (χ2n) is 10.3. The van der Waals surface area contributed by atoms with Crippen molar-refractivity contribution < 1.29 is 19.1 Å². The van der Waals surface area contributed by atoms with Crippen molar-refractivity contribution in [2.24, 2.45) is 11.1 Å². The van der Waals surface area contributed by atoms with Crippen LogP contribution in [0.25, 0.3) is 0 Å². The molecule has 0 aliphatic carbocycles. The molecular formula is C28H40N2O4. The first kappa shape index (κ1) is 27.2. The molecular weight excluding hydrogens is 428 g/mol. The molecule has 6 heteroatoms. The van der Waals surface area contributed by atoms with E-state index in [0.717, 1.165) is 41.5 Å². The first-order valence-corrected chi connectivity index (χ1v) is 12.0. The quantitative estimate of drug-likeness (QED) is 0.381. The lowest BCUT2D eigenvalue weighted by atomic mass is 9.89. The van der Waals surface area contributed by atoms with E-state index in [1.54, 1.807) is 4.90 Å². The predicted octanol–water partition coefficient (Wildman–Crippen LogP) is 6.51. The Hall–Kier alpha value is -3.02. The molecule has 1 atom stereocenters. The first-order valence-electron chi connectivity index (χ1n) is 12.0. The Morgan fingerprint density at radius 1 is 0.882 bits per heavy atom. The number of hydrogen-bond acceptors (Lipinski definition) is 4. The average Bonchev–Trinajstić information content (AvgIpc) is 2.76. The lowest BCUT2D eigenvalue weighted by Gasteiger charge is -2.24. The summed E-state index contributed by atoms with van der Waals surface area (Å²) < 4.78 is 10.8. The highest BCUT2D eigenvalue weighted by atomic mass is 16.6. The zero-order chi connectivity index (χ0) is 25.1. The number of nitrogens with zero attached hydrogens (tertiary/aromatic N) is 1. The smallest absolute Gasteiger partial charge is 0.410 e. The molecule has 2 rings (SSSR count). The van der Waals surface area contributed by atoms with E-state index in [0.29, 0.717) is 19.5 Å². The molecule has 6 nitrogen and oxygen atoms in total. The van der Waals surface area contributed by atoms with Crippen LogP contribution in [0.1, 0.15) is 68.7 Å². The summed E-state index contributed by atoms with van der Waals surface area (Å²) in [6, 6.07) is 16.2. The van der Waals surface area contributed by atoms with E-state index in [-0.39, 0.29) is 12.0 Å². The molecule has 0 saturated heterocycles. The van der Waals surface area contributed by atoms with Crippen molar-refractivity contribution in [1.29, 1.82) is 0 Å². The Balaban J connectivity index is 2.02. The Morgan fingerprint density at radius 2 is 1.38 bits per heavy atom. The van der Waals surface area contributed by atoms with Gasteiger partial charge in [-0.05, 0) is 49.7 Å². The fourth-order valence-corrected chi connectivity index (χ4v) is 3.64. The van der Waals surface area contributed by atoms with Crippen LogP contribution in [0.4, 0.5) is 9.59 Å². The van der Waals surface area contributed by atoms with Gasteiger partial charge in [0.1, 0.15) is 12.7 Å². The monoisotopic (exact) mass is 468 g/mol. The normalized spacial score (nSPS) is 12.1. The van der Waals surface area contributed by atoms with Crippen LogP contribution in [0.15, 0.2) is 48.5 Å². The standard InChI is InChI=1S/C28H40N2O4/c1-21-9-13-23(14-10-21)18-30(19-24-15-11-22(2)12-16-24)27(32)33-20-25(34-26(29)31)8-6-7-17-28(3,4)5/h9-16,25H,6-8,17-20H2,1-5H3,(H2,29,31)/t25-/m0/s1. The van der Waals surface area contributed by atoms with Crippen LogP contribution in [-0.4, -0.2) is 29.8 Å². The van der Waals surface area contributed by atoms with Gasteiger partial charge in [-0.3, -0.25) is 4.90 Å². The van der Waals surface area contributed by atoms with Crippen molar-refractivity contribution in [3.8, 4) is 0 Å². The number of amides is 2. The van der Waals surface area contributed by atoms with E-state index < -0.39 is 18.3 Å². The second-order valence-corrected chi connectivity index (χ2v) is 10.3. The van der Waals surface area contributed by atoms with Crippen LogP contribution in [0, 0.1) is 19.3 Å². The summed E-state index contributed by atoms with van der Waals surface area (Å²) in [6.45, 7) is 11.5. The van der Waals surface area contributed by atoms with Gasteiger partial charge in [-0.1, -0.05) is 86.8 Å². The number of ether oxygens (including phenoxy) is 2. The highest BCUT2D eigenvalue weighted by molar-refractivity contribution is 5.68. The van der Waals surface area contributed by atoms with E-state index in [1.165, 1.54) is 0 Å². The van der Waals surface area contributed by atoms with Crippen molar-refractivity contribution in [2.75, 3.05) is 6.61 Å². The number of carbonyl (C=O) groups is 2. The molecule has 0 unspecified atom stereocenters. The molecule has 2 N–H and O–H groups in total. The van der Waals surface area contributed by atoms with Gasteiger partial charge >= 0.3 is 12.2 Å². The lowest BCUT2D eigenvalue weighted by Crippen LogP contribution is -2.34. The summed E-state index contributed by atoms with van der Waals surface area (Å²) in [6.07, 6.45) is 1.68. The molecule has 0 aromatic heterocycles. The summed E-state index contributed by atoms with van der Waals surface area (Å²) in [4.78, 5) is 26.1. The summed E-state index contributed by atoms with van der Waals surface area (Å²) in [5, 5.41) is 0. The molecule has 0 fully saturated rings. The van der Waals surface area contributed by atoms with E-state index in [9.17, 15) is 9.59 Å². The molecule has 2 aromatic rings. The topological polar surface area (TPSA) is 81.9 Å². The van der Waals surface area contributed by atoms with Gasteiger partial charge in [0.15, 0.2) is 0 Å². The van der Waals surface area contributed by atoms with Gasteiger partial charge in [0, 0.05) is 13.1 Å². The van der Waals surface area contributed by atoms with Crippen molar-refractivity contribution >= 4 is 12.2 Å². The van der Waals surface area contributed by atoms with E-state index >= 15 is 0 Å². The number of unbranched alkanes of at least 4 members (excludes halogenated alkanes) is 1. The van der Waals surface area contributed by atoms with Gasteiger partial charge in [0.2, 0.25) is 0 Å². The fraction of sp³-hybridized carbons (Fsp3) is 0.500. The third-order valence-corrected chi connectivity index (χ3v) is 5.62. The molecule has 2 amide bonds. The van der Waals surface area contributed by atoms with Gasteiger partial charge in [-0.25, -0.2) is 9.59 Å². The molecule has 0 aliphatic rings. The van der Waals surface area contributed by atoms with Gasteiger partial charge in [-0.15, -0.1) is 0 Å². The minimum Gasteiger partial charge on any atom is -0.445 e. The number of aryl methyl sites for hydroxylation is 2. The van der Waals surface area contributed by atoms with Crippen LogP contribution < -0.4 is 5.73 Å². The molecule has 0 saturated carbocycles. The van der Waals surface area contributed by atoms with Crippen LogP contribution in [-0.2, 0) is 22.6 Å². The zero-order valence-corrected chi connectivity index (χ0v) is 21.3. The Morgan fingerprint density at radius 3 is 1.82 bits per heavy atom. The average molecular weight is 469 g/mol. The SMILES string of the molecule is Cc1ccc(CN(Cc2ccc(C)cc2)C(=O)OC[C@H](CCCCC(C)(C)C)OC(N)=O)cc1. The van der Waals surface area contributed by atoms with Crippen LogP contribution >= 0.6 is 0 Å². The van der Waals surface area contributed by atoms with Gasteiger partial charge < -0.3 is 15.2 Å². The first-order chi connectivity index (χ1) is 16.0. The molecule has 0 aliphatic heterocycles. The lowest BCUT2D eigenvalue weighted by molar-refractivity contribution is 0.0280. The number of primary amides is 1. The van der Waals surface area contributed by atoms with Gasteiger partial charge in [0.25, 0.3) is 0 Å². The van der Waals surface area contributed by atoms with Crippen molar-refractivity contribution in [2.45, 2.75) is 79.5 Å². The van der Waals surface area contributed by atoms with Gasteiger partial charge in [0.05, 0.1) is 0 Å². The van der Waals surface area contributed by atoms with Crippen molar-refractivity contribution in [1.82, 2.24) is 4.90 Å². The Labute approximate surface area is 204 Å². The third kappa shape index (κ3) is 10.7. The fourth-order valence-electron chi connectivity index (χ4n) is 3.64. The highest BCUT2D eigenvalue weighted by Gasteiger charge is 2.21. The minimum absolute atomic E-state index is 0.0183. The molecule has 0 bridgehead atoms. The summed E-state index contributed by atoms with van der Waals surface area (Å²) >= 11 is 0. The van der Waals surface area contributed by atoms with Gasteiger partial charge in [-0.2, -0.15) is 0 Å². The molecule has 34 heavy (non-hydrogen) atoms. The third-order valence-electron chi connectivity index (χ3n) is 5.62. The maximum atomic E-state index is 13.1. The molecule has 0 spiro atoms. The summed E-state index contributed by atoms with van der Waals surface area (Å²) in [5.74, 6) is 0. The number of benzene rings is 2. The molecule has 2 aromatic carbocycles. The number of hydrogen-bond donors (Lipinski definition) is 1. The Kier molecular flexibility index (Phi) is 10.4. The number of carbonyl (C=O) groups excluding carboxylic acids is 2. The zero-order valence-electron chi connectivity index (χ0n) is 21.3. The minimum atomic E-state index is -0.854. The maximum absolute atomic E-state index is 13.1. The number of rotatable bonds is 11. The van der Waals surface area contributed by atoms with E-state index in [2.05, 4.69) is 20.8 Å². The molecule has 186 valence electrons. The largest absolute Gasteiger partial charge is 0.445 e. The van der Waals surface area contributed by atoms with Crippen LogP contribution in [0.2, 0.25) is 0 Å². The molecule has 0 heterocycles. The number of nitrogens with two attached hydrogens (primary N) is 1. The maximum Gasteiger partial charge on any atom is 0.410 e. The second kappa shape index (κ2) is 13.0.